The van der Waals surface area contributed by atoms with E-state index in [1.54, 1.807) is 12.1 Å². The van der Waals surface area contributed by atoms with Gasteiger partial charge in [0.25, 0.3) is 5.91 Å². The summed E-state index contributed by atoms with van der Waals surface area (Å²) >= 11 is 0. The van der Waals surface area contributed by atoms with E-state index in [-0.39, 0.29) is 17.7 Å². The van der Waals surface area contributed by atoms with E-state index in [9.17, 15) is 14.0 Å². The van der Waals surface area contributed by atoms with Crippen molar-refractivity contribution in [1.82, 2.24) is 5.32 Å². The van der Waals surface area contributed by atoms with E-state index in [0.29, 0.717) is 11.3 Å². The molecule has 1 atom stereocenters. The van der Waals surface area contributed by atoms with E-state index in [1.807, 2.05) is 31.2 Å². The van der Waals surface area contributed by atoms with Gasteiger partial charge in [0.15, 0.2) is 5.76 Å². The number of carbonyl (C=O) groups excluding carboxylic acids is 2. The molecule has 0 aliphatic heterocycles. The van der Waals surface area contributed by atoms with E-state index in [1.165, 1.54) is 35.4 Å². The smallest absolute Gasteiger partial charge is 0.294 e. The maximum Gasteiger partial charge on any atom is 0.294 e. The van der Waals surface area contributed by atoms with Gasteiger partial charge in [-0.25, -0.2) is 4.39 Å². The van der Waals surface area contributed by atoms with Crippen LogP contribution in [0.1, 0.15) is 53.4 Å². The van der Waals surface area contributed by atoms with Gasteiger partial charge in [-0.05, 0) is 61.7 Å². The highest BCUT2D eigenvalue weighted by molar-refractivity contribution is 6.08. The molecule has 1 aliphatic rings. The summed E-state index contributed by atoms with van der Waals surface area (Å²) < 4.78 is 19.0. The molecule has 6 heteroatoms. The van der Waals surface area contributed by atoms with Gasteiger partial charge >= 0.3 is 0 Å². The number of aryl methyl sites for hydroxylation is 1. The fraction of sp³-hybridized carbons (Fsp3) is 0.280. The molecule has 0 saturated heterocycles. The maximum atomic E-state index is 13.6. The summed E-state index contributed by atoms with van der Waals surface area (Å²) in [6.07, 6.45) is 5.42. The van der Waals surface area contributed by atoms with Crippen LogP contribution in [0.15, 0.2) is 71.3 Å². The second-order valence-electron chi connectivity index (χ2n) is 7.93. The van der Waals surface area contributed by atoms with Crippen molar-refractivity contribution in [3.05, 3.63) is 89.6 Å². The van der Waals surface area contributed by atoms with Crippen LogP contribution in [0, 0.1) is 12.7 Å². The molecule has 160 valence electrons. The third-order valence-electron chi connectivity index (χ3n) is 5.66. The molecule has 5 nitrogen and oxygen atoms in total. The van der Waals surface area contributed by atoms with E-state index in [4.69, 9.17) is 4.42 Å². The van der Waals surface area contributed by atoms with E-state index in [0.717, 1.165) is 31.2 Å². The molecule has 0 unspecified atom stereocenters. The minimum absolute atomic E-state index is 0.0919. The topological polar surface area (TPSA) is 62.6 Å². The van der Waals surface area contributed by atoms with Gasteiger partial charge in [0, 0.05) is 11.7 Å². The van der Waals surface area contributed by atoms with Gasteiger partial charge in [-0.2, -0.15) is 0 Å². The number of nitrogens with zero attached hydrogens (tertiary/aromatic N) is 1. The first-order valence-electron chi connectivity index (χ1n) is 10.5. The lowest BCUT2D eigenvalue weighted by atomic mass is 10.0. The minimum atomic E-state index is -0.927. The Morgan fingerprint density at radius 2 is 1.71 bits per heavy atom. The predicted molar refractivity (Wildman–Crippen MR) is 116 cm³/mol. The zero-order valence-corrected chi connectivity index (χ0v) is 17.4. The molecule has 3 aromatic rings. The first kappa shape index (κ1) is 20.8. The summed E-state index contributed by atoms with van der Waals surface area (Å²) in [6.45, 7) is 1.96. The molecule has 0 radical (unpaired) electrons. The van der Waals surface area contributed by atoms with Crippen molar-refractivity contribution in [2.24, 2.45) is 0 Å². The summed E-state index contributed by atoms with van der Waals surface area (Å²) in [4.78, 5) is 28.4. The molecule has 0 spiro atoms. The summed E-state index contributed by atoms with van der Waals surface area (Å²) in [5, 5.41) is 3.12. The van der Waals surface area contributed by atoms with Crippen molar-refractivity contribution in [2.75, 3.05) is 4.90 Å². The third-order valence-corrected chi connectivity index (χ3v) is 5.66. The lowest BCUT2D eigenvalue weighted by molar-refractivity contribution is -0.123. The Morgan fingerprint density at radius 1 is 1.03 bits per heavy atom. The van der Waals surface area contributed by atoms with Crippen molar-refractivity contribution in [2.45, 2.75) is 44.7 Å². The van der Waals surface area contributed by atoms with Crippen LogP contribution in [0.2, 0.25) is 0 Å². The SMILES string of the molecule is Cc1ccc([C@@H](C(=O)NC2CCCC2)N(C(=O)c2ccco2)c2ccc(F)cc2)cc1. The highest BCUT2D eigenvalue weighted by Gasteiger charge is 2.35. The Morgan fingerprint density at radius 3 is 2.32 bits per heavy atom. The monoisotopic (exact) mass is 420 g/mol. The summed E-state index contributed by atoms with van der Waals surface area (Å²) in [5.74, 6) is -1.05. The number of amides is 2. The quantitative estimate of drug-likeness (QED) is 0.598. The second-order valence-corrected chi connectivity index (χ2v) is 7.93. The first-order valence-corrected chi connectivity index (χ1v) is 10.5. The molecule has 1 N–H and O–H groups in total. The van der Waals surface area contributed by atoms with Crippen LogP contribution in [-0.4, -0.2) is 17.9 Å². The van der Waals surface area contributed by atoms with Gasteiger partial charge in [0.05, 0.1) is 6.26 Å². The summed E-state index contributed by atoms with van der Waals surface area (Å²) in [5.41, 5.74) is 2.13. The molecule has 2 amide bonds. The molecule has 1 aromatic heterocycles. The highest BCUT2D eigenvalue weighted by atomic mass is 19.1. The van der Waals surface area contributed by atoms with Gasteiger partial charge in [-0.1, -0.05) is 42.7 Å². The number of rotatable bonds is 6. The number of nitrogens with one attached hydrogen (secondary N) is 1. The molecule has 1 aliphatic carbocycles. The Kier molecular flexibility index (Phi) is 6.16. The number of anilines is 1. The summed E-state index contributed by atoms with van der Waals surface area (Å²) in [6, 6.07) is 15.4. The van der Waals surface area contributed by atoms with Crippen molar-refractivity contribution in [1.29, 1.82) is 0 Å². The van der Waals surface area contributed by atoms with E-state index in [2.05, 4.69) is 5.32 Å². The molecular weight excluding hydrogens is 395 g/mol. The third kappa shape index (κ3) is 4.68. The van der Waals surface area contributed by atoms with Crippen molar-refractivity contribution < 1.29 is 18.4 Å². The lowest BCUT2D eigenvalue weighted by Crippen LogP contribution is -2.46. The molecule has 1 fully saturated rings. The zero-order chi connectivity index (χ0) is 21.8. The van der Waals surface area contributed by atoms with Gasteiger partial charge in [-0.15, -0.1) is 0 Å². The van der Waals surface area contributed by atoms with Gasteiger partial charge in [-0.3, -0.25) is 14.5 Å². The number of hydrogen-bond acceptors (Lipinski definition) is 3. The van der Waals surface area contributed by atoms with E-state index >= 15 is 0 Å². The fourth-order valence-electron chi connectivity index (χ4n) is 4.02. The standard InChI is InChI=1S/C25H25FN2O3/c1-17-8-10-18(11-9-17)23(24(29)27-20-5-2-3-6-20)28(21-14-12-19(26)13-15-21)25(30)22-7-4-16-31-22/h4,7-16,20,23H,2-3,5-6H2,1H3,(H,27,29)/t23-/m0/s1. The molecule has 1 heterocycles. The number of furan rings is 1. The predicted octanol–water partition coefficient (Wildman–Crippen LogP) is 5.17. The average molecular weight is 420 g/mol. The van der Waals surface area contributed by atoms with Crippen molar-refractivity contribution in [3.63, 3.8) is 0 Å². The Labute approximate surface area is 180 Å². The van der Waals surface area contributed by atoms with Crippen LogP contribution < -0.4 is 10.2 Å². The molecular formula is C25H25FN2O3. The van der Waals surface area contributed by atoms with Gasteiger partial charge in [0.2, 0.25) is 5.91 Å². The van der Waals surface area contributed by atoms with Crippen LogP contribution in [0.4, 0.5) is 10.1 Å². The molecule has 4 rings (SSSR count). The molecule has 1 saturated carbocycles. The zero-order valence-electron chi connectivity index (χ0n) is 17.4. The van der Waals surface area contributed by atoms with Crippen LogP contribution in [-0.2, 0) is 4.79 Å². The molecule has 0 bridgehead atoms. The van der Waals surface area contributed by atoms with Crippen LogP contribution in [0.3, 0.4) is 0 Å². The number of carbonyl (C=O) groups is 2. The van der Waals surface area contributed by atoms with Crippen molar-refractivity contribution in [3.8, 4) is 0 Å². The van der Waals surface area contributed by atoms with Gasteiger partial charge < -0.3 is 9.73 Å². The normalized spacial score (nSPS) is 14.9. The van der Waals surface area contributed by atoms with Crippen LogP contribution in [0.5, 0.6) is 0 Å². The average Bonchev–Trinajstić information content (AvgIpc) is 3.47. The maximum absolute atomic E-state index is 13.6. The van der Waals surface area contributed by atoms with E-state index < -0.39 is 17.8 Å². The Balaban J connectivity index is 1.79. The number of halogens is 1. The largest absolute Gasteiger partial charge is 0.459 e. The molecule has 31 heavy (non-hydrogen) atoms. The summed E-state index contributed by atoms with van der Waals surface area (Å²) in [7, 11) is 0. The second kappa shape index (κ2) is 9.16. The lowest BCUT2D eigenvalue weighted by Gasteiger charge is -2.32. The fourth-order valence-corrected chi connectivity index (χ4v) is 4.02. The van der Waals surface area contributed by atoms with Crippen molar-refractivity contribution >= 4 is 17.5 Å². The molecule has 2 aromatic carbocycles. The van der Waals surface area contributed by atoms with Crippen LogP contribution in [0.25, 0.3) is 0 Å². The van der Waals surface area contributed by atoms with Gasteiger partial charge in [0.1, 0.15) is 11.9 Å². The Hall–Kier alpha value is -3.41. The Bertz CT molecular complexity index is 1020. The number of hydrogen-bond donors (Lipinski definition) is 1. The highest BCUT2D eigenvalue weighted by Crippen LogP contribution is 2.31. The van der Waals surface area contributed by atoms with Crippen LogP contribution >= 0.6 is 0 Å². The minimum Gasteiger partial charge on any atom is -0.459 e. The first-order chi connectivity index (χ1) is 15.0. The number of benzene rings is 2.